The minimum atomic E-state index is -0.220. The average molecular weight is 255 g/mol. The number of rotatable bonds is 2. The van der Waals surface area contributed by atoms with E-state index in [1.165, 1.54) is 23.7 Å². The van der Waals surface area contributed by atoms with Crippen molar-refractivity contribution < 1.29 is 4.39 Å². The molecular formula is C15H10FNS. The lowest BCUT2D eigenvalue weighted by molar-refractivity contribution is 0.628. The summed E-state index contributed by atoms with van der Waals surface area (Å²) in [6.45, 7) is 0. The largest absolute Gasteiger partial charge is 0.207 e. The van der Waals surface area contributed by atoms with Gasteiger partial charge in [-0.2, -0.15) is 4.37 Å². The second-order valence-electron chi connectivity index (χ2n) is 3.95. The van der Waals surface area contributed by atoms with Crippen LogP contribution in [-0.2, 0) is 0 Å². The van der Waals surface area contributed by atoms with Gasteiger partial charge in [-0.15, -0.1) is 0 Å². The van der Waals surface area contributed by atoms with E-state index in [9.17, 15) is 4.39 Å². The van der Waals surface area contributed by atoms with E-state index in [-0.39, 0.29) is 5.82 Å². The SMILES string of the molecule is Fc1cccc(-c2cc(-c3ccccc3)ns2)c1. The monoisotopic (exact) mass is 255 g/mol. The Bertz CT molecular complexity index is 661. The van der Waals surface area contributed by atoms with E-state index < -0.39 is 0 Å². The number of halogens is 1. The molecule has 1 aromatic heterocycles. The van der Waals surface area contributed by atoms with Crippen LogP contribution in [0.2, 0.25) is 0 Å². The van der Waals surface area contributed by atoms with Crippen LogP contribution in [0.4, 0.5) is 4.39 Å². The van der Waals surface area contributed by atoms with Gasteiger partial charge in [0, 0.05) is 5.56 Å². The van der Waals surface area contributed by atoms with Crippen molar-refractivity contribution in [3.05, 3.63) is 66.5 Å². The fourth-order valence-electron chi connectivity index (χ4n) is 1.80. The predicted molar refractivity (Wildman–Crippen MR) is 72.9 cm³/mol. The maximum absolute atomic E-state index is 13.2. The molecule has 3 aromatic rings. The smallest absolute Gasteiger partial charge is 0.123 e. The summed E-state index contributed by atoms with van der Waals surface area (Å²) in [5.41, 5.74) is 2.88. The lowest BCUT2D eigenvalue weighted by Crippen LogP contribution is -1.76. The van der Waals surface area contributed by atoms with Crippen LogP contribution in [0.1, 0.15) is 0 Å². The van der Waals surface area contributed by atoms with Gasteiger partial charge in [-0.1, -0.05) is 42.5 Å². The molecule has 0 aliphatic rings. The van der Waals surface area contributed by atoms with Crippen LogP contribution in [0, 0.1) is 5.82 Å². The van der Waals surface area contributed by atoms with Crippen molar-refractivity contribution in [2.45, 2.75) is 0 Å². The third-order valence-corrected chi connectivity index (χ3v) is 3.53. The summed E-state index contributed by atoms with van der Waals surface area (Å²) >= 11 is 1.39. The van der Waals surface area contributed by atoms with Gasteiger partial charge in [0.1, 0.15) is 5.82 Å². The molecule has 0 radical (unpaired) electrons. The van der Waals surface area contributed by atoms with Gasteiger partial charge < -0.3 is 0 Å². The molecule has 0 bridgehead atoms. The quantitative estimate of drug-likeness (QED) is 0.651. The summed E-state index contributed by atoms with van der Waals surface area (Å²) in [4.78, 5) is 0.980. The van der Waals surface area contributed by atoms with Gasteiger partial charge in [-0.05, 0) is 35.3 Å². The summed E-state index contributed by atoms with van der Waals surface area (Å²) in [6.07, 6.45) is 0. The van der Waals surface area contributed by atoms with E-state index in [1.54, 1.807) is 6.07 Å². The molecular weight excluding hydrogens is 245 g/mol. The maximum Gasteiger partial charge on any atom is 0.123 e. The van der Waals surface area contributed by atoms with Gasteiger partial charge in [0.25, 0.3) is 0 Å². The topological polar surface area (TPSA) is 12.9 Å². The first-order valence-corrected chi connectivity index (χ1v) is 6.38. The second kappa shape index (κ2) is 4.70. The highest BCUT2D eigenvalue weighted by Crippen LogP contribution is 2.29. The Kier molecular flexibility index (Phi) is 2.90. The molecule has 0 aliphatic carbocycles. The molecule has 18 heavy (non-hydrogen) atoms. The van der Waals surface area contributed by atoms with E-state index in [4.69, 9.17) is 0 Å². The minimum absolute atomic E-state index is 0.220. The van der Waals surface area contributed by atoms with E-state index in [1.807, 2.05) is 42.5 Å². The zero-order chi connectivity index (χ0) is 12.4. The summed E-state index contributed by atoms with van der Waals surface area (Å²) in [5, 5.41) is 0. The standard InChI is InChI=1S/C15H10FNS/c16-13-8-4-7-12(9-13)15-10-14(17-18-15)11-5-2-1-3-6-11/h1-10H. The lowest BCUT2D eigenvalue weighted by Gasteiger charge is -1.96. The first-order valence-electron chi connectivity index (χ1n) is 5.61. The number of nitrogens with zero attached hydrogens (tertiary/aromatic N) is 1. The highest BCUT2D eigenvalue weighted by Gasteiger charge is 2.06. The summed E-state index contributed by atoms with van der Waals surface area (Å²) < 4.78 is 17.6. The molecule has 0 fully saturated rings. The molecule has 0 atom stereocenters. The molecule has 3 rings (SSSR count). The summed E-state index contributed by atoms with van der Waals surface area (Å²) in [6, 6.07) is 18.6. The summed E-state index contributed by atoms with van der Waals surface area (Å²) in [7, 11) is 0. The van der Waals surface area contributed by atoms with Crippen molar-refractivity contribution in [3.8, 4) is 21.7 Å². The third kappa shape index (κ3) is 2.17. The van der Waals surface area contributed by atoms with Gasteiger partial charge in [-0.25, -0.2) is 4.39 Å². The third-order valence-electron chi connectivity index (χ3n) is 2.69. The molecule has 0 saturated heterocycles. The Morgan fingerprint density at radius 2 is 1.61 bits per heavy atom. The minimum Gasteiger partial charge on any atom is -0.207 e. The van der Waals surface area contributed by atoms with Gasteiger partial charge in [0.2, 0.25) is 0 Å². The van der Waals surface area contributed by atoms with Gasteiger partial charge in [-0.3, -0.25) is 0 Å². The van der Waals surface area contributed by atoms with Crippen molar-refractivity contribution in [2.24, 2.45) is 0 Å². The van der Waals surface area contributed by atoms with E-state index >= 15 is 0 Å². The normalized spacial score (nSPS) is 10.5. The lowest BCUT2D eigenvalue weighted by atomic mass is 10.1. The number of benzene rings is 2. The molecule has 0 N–H and O–H groups in total. The second-order valence-corrected chi connectivity index (χ2v) is 4.76. The zero-order valence-electron chi connectivity index (χ0n) is 9.51. The molecule has 0 saturated carbocycles. The Morgan fingerprint density at radius 1 is 0.833 bits per heavy atom. The first-order chi connectivity index (χ1) is 8.83. The zero-order valence-corrected chi connectivity index (χ0v) is 10.3. The molecule has 88 valence electrons. The van der Waals surface area contributed by atoms with Crippen molar-refractivity contribution in [2.75, 3.05) is 0 Å². The van der Waals surface area contributed by atoms with E-state index in [0.29, 0.717) is 0 Å². The molecule has 0 amide bonds. The predicted octanol–water partition coefficient (Wildman–Crippen LogP) is 4.62. The van der Waals surface area contributed by atoms with Crippen molar-refractivity contribution in [1.29, 1.82) is 0 Å². The molecule has 1 nitrogen and oxygen atoms in total. The fraction of sp³-hybridized carbons (Fsp3) is 0. The Labute approximate surface area is 109 Å². The number of hydrogen-bond acceptors (Lipinski definition) is 2. The highest BCUT2D eigenvalue weighted by molar-refractivity contribution is 7.09. The van der Waals surface area contributed by atoms with Crippen LogP contribution < -0.4 is 0 Å². The maximum atomic E-state index is 13.2. The van der Waals surface area contributed by atoms with Crippen LogP contribution >= 0.6 is 11.5 Å². The number of hydrogen-bond donors (Lipinski definition) is 0. The van der Waals surface area contributed by atoms with Crippen molar-refractivity contribution in [3.63, 3.8) is 0 Å². The average Bonchev–Trinajstić information content (AvgIpc) is 2.89. The van der Waals surface area contributed by atoms with Crippen LogP contribution in [0.5, 0.6) is 0 Å². The van der Waals surface area contributed by atoms with Crippen molar-refractivity contribution >= 4 is 11.5 Å². The molecule has 0 unspecified atom stereocenters. The van der Waals surface area contributed by atoms with Gasteiger partial charge in [0.05, 0.1) is 10.6 Å². The molecule has 3 heteroatoms. The van der Waals surface area contributed by atoms with Crippen molar-refractivity contribution in [1.82, 2.24) is 4.37 Å². The molecule has 2 aromatic carbocycles. The van der Waals surface area contributed by atoms with Crippen LogP contribution in [0.15, 0.2) is 60.7 Å². The van der Waals surface area contributed by atoms with Crippen LogP contribution in [0.3, 0.4) is 0 Å². The Morgan fingerprint density at radius 3 is 2.39 bits per heavy atom. The Hall–Kier alpha value is -2.00. The Balaban J connectivity index is 2.00. The highest BCUT2D eigenvalue weighted by atomic mass is 32.1. The van der Waals surface area contributed by atoms with Crippen LogP contribution in [0.25, 0.3) is 21.7 Å². The molecule has 1 heterocycles. The molecule has 0 aliphatic heterocycles. The fourth-order valence-corrected chi connectivity index (χ4v) is 2.55. The van der Waals surface area contributed by atoms with Gasteiger partial charge >= 0.3 is 0 Å². The van der Waals surface area contributed by atoms with E-state index in [2.05, 4.69) is 4.37 Å². The number of aromatic nitrogens is 1. The first kappa shape index (κ1) is 11.1. The summed E-state index contributed by atoms with van der Waals surface area (Å²) in [5.74, 6) is -0.220. The van der Waals surface area contributed by atoms with E-state index in [0.717, 1.165) is 21.7 Å². The molecule has 0 spiro atoms. The van der Waals surface area contributed by atoms with Crippen LogP contribution in [-0.4, -0.2) is 4.37 Å². The van der Waals surface area contributed by atoms with Gasteiger partial charge in [0.15, 0.2) is 0 Å².